The van der Waals surface area contributed by atoms with Crippen LogP contribution in [0.3, 0.4) is 0 Å². The van der Waals surface area contributed by atoms with E-state index in [1.807, 2.05) is 12.1 Å². The van der Waals surface area contributed by atoms with Gasteiger partial charge in [0.25, 0.3) is 0 Å². The van der Waals surface area contributed by atoms with E-state index in [0.29, 0.717) is 13.1 Å². The van der Waals surface area contributed by atoms with Crippen LogP contribution in [0.15, 0.2) is 24.5 Å². The number of piperazine rings is 1. The standard InChI is InChI=1S/C11H17N3O2S.ClH/c1-17(15,16)14-8-6-13(7-9-14)10-11-2-4-12-5-3-11;/h2-5H,6-10H2,1H3;1H. The fraction of sp³-hybridized carbons (Fsp3) is 0.545. The van der Waals surface area contributed by atoms with Crippen LogP contribution in [0, 0.1) is 0 Å². The molecule has 0 aromatic carbocycles. The minimum absolute atomic E-state index is 0. The van der Waals surface area contributed by atoms with Gasteiger partial charge in [0.05, 0.1) is 6.26 Å². The third-order valence-electron chi connectivity index (χ3n) is 2.96. The molecule has 0 saturated carbocycles. The molecule has 0 spiro atoms. The van der Waals surface area contributed by atoms with Crippen molar-refractivity contribution in [1.82, 2.24) is 14.2 Å². The molecular formula is C11H18ClN3O2S. The average Bonchev–Trinajstić information content (AvgIpc) is 2.30. The predicted octanol–water partition coefficient (Wildman–Crippen LogP) is 0.581. The summed E-state index contributed by atoms with van der Waals surface area (Å²) < 4.78 is 24.2. The molecule has 18 heavy (non-hydrogen) atoms. The highest BCUT2D eigenvalue weighted by atomic mass is 35.5. The summed E-state index contributed by atoms with van der Waals surface area (Å²) in [6.07, 6.45) is 4.83. The van der Waals surface area contributed by atoms with Crippen molar-refractivity contribution < 1.29 is 8.42 Å². The second-order valence-electron chi connectivity index (χ2n) is 4.29. The van der Waals surface area contributed by atoms with E-state index in [2.05, 4.69) is 9.88 Å². The van der Waals surface area contributed by atoms with Crippen molar-refractivity contribution in [3.8, 4) is 0 Å². The lowest BCUT2D eigenvalue weighted by Gasteiger charge is -2.33. The summed E-state index contributed by atoms with van der Waals surface area (Å²) in [5, 5.41) is 0. The zero-order chi connectivity index (χ0) is 12.3. The third kappa shape index (κ3) is 4.20. The maximum atomic E-state index is 11.4. The summed E-state index contributed by atoms with van der Waals surface area (Å²) in [7, 11) is -3.03. The summed E-state index contributed by atoms with van der Waals surface area (Å²) >= 11 is 0. The molecule has 1 aromatic rings. The first-order valence-corrected chi connectivity index (χ1v) is 7.47. The molecule has 1 fully saturated rings. The van der Waals surface area contributed by atoms with Crippen LogP contribution in [-0.4, -0.2) is 55.0 Å². The van der Waals surface area contributed by atoms with E-state index >= 15 is 0 Å². The second kappa shape index (κ2) is 6.47. The Kier molecular flexibility index (Phi) is 5.52. The van der Waals surface area contributed by atoms with Gasteiger partial charge in [-0.15, -0.1) is 12.4 Å². The summed E-state index contributed by atoms with van der Waals surface area (Å²) in [6, 6.07) is 3.98. The molecule has 0 amide bonds. The topological polar surface area (TPSA) is 53.5 Å². The van der Waals surface area contributed by atoms with Gasteiger partial charge < -0.3 is 0 Å². The van der Waals surface area contributed by atoms with Crippen molar-refractivity contribution >= 4 is 22.4 Å². The van der Waals surface area contributed by atoms with E-state index in [0.717, 1.165) is 19.6 Å². The van der Waals surface area contributed by atoms with Crippen LogP contribution >= 0.6 is 12.4 Å². The van der Waals surface area contributed by atoms with Crippen molar-refractivity contribution in [1.29, 1.82) is 0 Å². The fourth-order valence-electron chi connectivity index (χ4n) is 1.97. The lowest BCUT2D eigenvalue weighted by Crippen LogP contribution is -2.47. The highest BCUT2D eigenvalue weighted by Crippen LogP contribution is 2.09. The van der Waals surface area contributed by atoms with Gasteiger partial charge in [-0.2, -0.15) is 4.31 Å². The van der Waals surface area contributed by atoms with E-state index in [1.165, 1.54) is 16.1 Å². The number of pyridine rings is 1. The fourth-order valence-corrected chi connectivity index (χ4v) is 2.79. The molecule has 102 valence electrons. The average molecular weight is 292 g/mol. The summed E-state index contributed by atoms with van der Waals surface area (Å²) in [5.74, 6) is 0. The molecular weight excluding hydrogens is 274 g/mol. The van der Waals surface area contributed by atoms with Gasteiger partial charge in [0.2, 0.25) is 10.0 Å². The van der Waals surface area contributed by atoms with Crippen LogP contribution in [-0.2, 0) is 16.6 Å². The molecule has 0 unspecified atom stereocenters. The van der Waals surface area contributed by atoms with E-state index in [9.17, 15) is 8.42 Å². The number of hydrogen-bond acceptors (Lipinski definition) is 4. The summed E-state index contributed by atoms with van der Waals surface area (Å²) in [4.78, 5) is 6.24. The molecule has 7 heteroatoms. The van der Waals surface area contributed by atoms with Crippen LogP contribution in [0.1, 0.15) is 5.56 Å². The van der Waals surface area contributed by atoms with Crippen LogP contribution in [0.2, 0.25) is 0 Å². The molecule has 1 aliphatic rings. The number of rotatable bonds is 3. The van der Waals surface area contributed by atoms with Gasteiger partial charge in [0, 0.05) is 45.1 Å². The molecule has 0 aliphatic carbocycles. The van der Waals surface area contributed by atoms with Crippen LogP contribution in [0.5, 0.6) is 0 Å². The SMILES string of the molecule is CS(=O)(=O)N1CCN(Cc2ccncc2)CC1.Cl. The predicted molar refractivity (Wildman–Crippen MR) is 73.2 cm³/mol. The molecule has 0 atom stereocenters. The van der Waals surface area contributed by atoms with Gasteiger partial charge >= 0.3 is 0 Å². The lowest BCUT2D eigenvalue weighted by molar-refractivity contribution is 0.182. The van der Waals surface area contributed by atoms with Crippen molar-refractivity contribution in [3.63, 3.8) is 0 Å². The molecule has 1 saturated heterocycles. The smallest absolute Gasteiger partial charge is 0.211 e. The summed E-state index contributed by atoms with van der Waals surface area (Å²) in [6.45, 7) is 3.61. The molecule has 0 bridgehead atoms. The van der Waals surface area contributed by atoms with Gasteiger partial charge in [0.1, 0.15) is 0 Å². The Hall–Kier alpha value is -0.690. The maximum absolute atomic E-state index is 11.4. The molecule has 0 N–H and O–H groups in total. The Labute approximate surface area is 114 Å². The molecule has 2 rings (SSSR count). The number of nitrogens with zero attached hydrogens (tertiary/aromatic N) is 3. The Bertz CT molecular complexity index is 458. The highest BCUT2D eigenvalue weighted by molar-refractivity contribution is 7.88. The van der Waals surface area contributed by atoms with Gasteiger partial charge in [0.15, 0.2) is 0 Å². The molecule has 1 aliphatic heterocycles. The van der Waals surface area contributed by atoms with Crippen LogP contribution < -0.4 is 0 Å². The monoisotopic (exact) mass is 291 g/mol. The lowest BCUT2D eigenvalue weighted by atomic mass is 10.2. The van der Waals surface area contributed by atoms with E-state index in [4.69, 9.17) is 0 Å². The minimum atomic E-state index is -3.03. The van der Waals surface area contributed by atoms with Gasteiger partial charge in [-0.05, 0) is 17.7 Å². The second-order valence-corrected chi connectivity index (χ2v) is 6.28. The van der Waals surface area contributed by atoms with Crippen molar-refractivity contribution in [2.45, 2.75) is 6.54 Å². The summed E-state index contributed by atoms with van der Waals surface area (Å²) in [5.41, 5.74) is 1.22. The van der Waals surface area contributed by atoms with Crippen LogP contribution in [0.25, 0.3) is 0 Å². The largest absolute Gasteiger partial charge is 0.296 e. The minimum Gasteiger partial charge on any atom is -0.296 e. The Morgan fingerprint density at radius 2 is 1.72 bits per heavy atom. The first-order valence-electron chi connectivity index (χ1n) is 5.62. The quantitative estimate of drug-likeness (QED) is 0.817. The number of halogens is 1. The van der Waals surface area contributed by atoms with Gasteiger partial charge in [-0.25, -0.2) is 8.42 Å². The van der Waals surface area contributed by atoms with Crippen molar-refractivity contribution in [3.05, 3.63) is 30.1 Å². The maximum Gasteiger partial charge on any atom is 0.211 e. The normalized spacial score (nSPS) is 18.3. The zero-order valence-electron chi connectivity index (χ0n) is 10.3. The van der Waals surface area contributed by atoms with Crippen LogP contribution in [0.4, 0.5) is 0 Å². The van der Waals surface area contributed by atoms with E-state index < -0.39 is 10.0 Å². The van der Waals surface area contributed by atoms with Gasteiger partial charge in [-0.3, -0.25) is 9.88 Å². The Morgan fingerprint density at radius 1 is 1.17 bits per heavy atom. The molecule has 1 aromatic heterocycles. The first kappa shape index (κ1) is 15.4. The number of sulfonamides is 1. The van der Waals surface area contributed by atoms with Crippen molar-refractivity contribution in [2.24, 2.45) is 0 Å². The molecule has 5 nitrogen and oxygen atoms in total. The van der Waals surface area contributed by atoms with E-state index in [-0.39, 0.29) is 12.4 Å². The first-order chi connectivity index (χ1) is 8.05. The Balaban J connectivity index is 0.00000162. The highest BCUT2D eigenvalue weighted by Gasteiger charge is 2.22. The van der Waals surface area contributed by atoms with Crippen molar-refractivity contribution in [2.75, 3.05) is 32.4 Å². The van der Waals surface area contributed by atoms with E-state index in [1.54, 1.807) is 12.4 Å². The number of aromatic nitrogens is 1. The molecule has 2 heterocycles. The zero-order valence-corrected chi connectivity index (χ0v) is 12.0. The molecule has 0 radical (unpaired) electrons. The number of hydrogen-bond donors (Lipinski definition) is 0. The Morgan fingerprint density at radius 3 is 2.22 bits per heavy atom. The third-order valence-corrected chi connectivity index (χ3v) is 4.26. The van der Waals surface area contributed by atoms with Gasteiger partial charge in [-0.1, -0.05) is 0 Å².